The van der Waals surface area contributed by atoms with Crippen LogP contribution in [0.15, 0.2) is 30.3 Å². The molecule has 104 valence electrons. The molecule has 0 fully saturated rings. The first kappa shape index (κ1) is 14.8. The smallest absolute Gasteiger partial charge is 0.228 e. The molecule has 0 spiro atoms. The summed E-state index contributed by atoms with van der Waals surface area (Å²) in [5.41, 5.74) is 1.87. The topological polar surface area (TPSA) is 42.0 Å². The van der Waals surface area contributed by atoms with Crippen molar-refractivity contribution in [3.05, 3.63) is 57.6 Å². The first-order valence-electron chi connectivity index (χ1n) is 5.82. The van der Waals surface area contributed by atoms with E-state index >= 15 is 0 Å². The Labute approximate surface area is 125 Å². The van der Waals surface area contributed by atoms with E-state index in [-0.39, 0.29) is 28.5 Å². The molecule has 0 atom stereocenters. The van der Waals surface area contributed by atoms with Crippen LogP contribution in [0.3, 0.4) is 0 Å². The summed E-state index contributed by atoms with van der Waals surface area (Å²) in [6.45, 7) is 1.77. The highest BCUT2D eigenvalue weighted by Gasteiger charge is 2.11. The van der Waals surface area contributed by atoms with Gasteiger partial charge in [0.1, 0.15) is 11.0 Å². The van der Waals surface area contributed by atoms with E-state index in [0.717, 1.165) is 5.56 Å². The van der Waals surface area contributed by atoms with Crippen LogP contribution in [0, 0.1) is 12.7 Å². The fourth-order valence-corrected chi connectivity index (χ4v) is 2.30. The van der Waals surface area contributed by atoms with Crippen molar-refractivity contribution in [2.45, 2.75) is 13.3 Å². The number of benzene rings is 1. The van der Waals surface area contributed by atoms with E-state index in [1.165, 1.54) is 12.1 Å². The van der Waals surface area contributed by atoms with Crippen LogP contribution in [0.25, 0.3) is 0 Å². The minimum atomic E-state index is -0.338. The van der Waals surface area contributed by atoms with E-state index in [2.05, 4.69) is 10.3 Å². The summed E-state index contributed by atoms with van der Waals surface area (Å²) >= 11 is 11.7. The number of halogens is 3. The van der Waals surface area contributed by atoms with Crippen LogP contribution in [-0.4, -0.2) is 10.9 Å². The van der Waals surface area contributed by atoms with E-state index in [1.807, 2.05) is 0 Å². The predicted molar refractivity (Wildman–Crippen MR) is 77.7 cm³/mol. The number of rotatable bonds is 3. The second kappa shape index (κ2) is 6.20. The van der Waals surface area contributed by atoms with Crippen molar-refractivity contribution < 1.29 is 9.18 Å². The summed E-state index contributed by atoms with van der Waals surface area (Å²) in [5, 5.41) is 3.09. The number of pyridine rings is 1. The Morgan fingerprint density at radius 2 is 1.95 bits per heavy atom. The van der Waals surface area contributed by atoms with E-state index in [4.69, 9.17) is 23.2 Å². The van der Waals surface area contributed by atoms with Gasteiger partial charge in [0.05, 0.1) is 12.1 Å². The van der Waals surface area contributed by atoms with Crippen molar-refractivity contribution in [3.63, 3.8) is 0 Å². The summed E-state index contributed by atoms with van der Waals surface area (Å²) in [6, 6.07) is 7.35. The normalized spacial score (nSPS) is 10.4. The van der Waals surface area contributed by atoms with Gasteiger partial charge in [0, 0.05) is 0 Å². The van der Waals surface area contributed by atoms with Crippen molar-refractivity contribution >= 4 is 34.8 Å². The fraction of sp³-hybridized carbons (Fsp3) is 0.143. The average Bonchev–Trinajstić information content (AvgIpc) is 2.36. The monoisotopic (exact) mass is 312 g/mol. The van der Waals surface area contributed by atoms with Gasteiger partial charge in [-0.15, -0.1) is 0 Å². The number of nitrogens with one attached hydrogen (secondary N) is 1. The largest absolute Gasteiger partial charge is 0.323 e. The van der Waals surface area contributed by atoms with E-state index in [1.54, 1.807) is 25.1 Å². The number of nitrogens with zero attached hydrogens (tertiary/aromatic N) is 1. The molecule has 6 heteroatoms. The number of aromatic nitrogens is 1. The molecule has 1 aromatic heterocycles. The molecule has 1 aromatic carbocycles. The van der Waals surface area contributed by atoms with Gasteiger partial charge in [-0.25, -0.2) is 9.37 Å². The number of hydrogen-bond acceptors (Lipinski definition) is 2. The third kappa shape index (κ3) is 3.68. The molecule has 1 amide bonds. The van der Waals surface area contributed by atoms with Gasteiger partial charge in [-0.2, -0.15) is 0 Å². The van der Waals surface area contributed by atoms with Gasteiger partial charge in [0.15, 0.2) is 5.15 Å². The number of amides is 1. The second-order valence-corrected chi connectivity index (χ2v) is 5.02. The molecule has 0 aliphatic rings. The third-order valence-electron chi connectivity index (χ3n) is 2.68. The zero-order chi connectivity index (χ0) is 14.7. The maximum absolute atomic E-state index is 12.8. The Hall–Kier alpha value is -1.65. The molecule has 0 aliphatic heterocycles. The quantitative estimate of drug-likeness (QED) is 0.870. The van der Waals surface area contributed by atoms with E-state index in [9.17, 15) is 9.18 Å². The lowest BCUT2D eigenvalue weighted by Crippen LogP contribution is -2.16. The van der Waals surface area contributed by atoms with Gasteiger partial charge in [0.2, 0.25) is 5.91 Å². The highest BCUT2D eigenvalue weighted by molar-refractivity contribution is 6.34. The molecule has 1 heterocycles. The van der Waals surface area contributed by atoms with Crippen LogP contribution in [-0.2, 0) is 11.2 Å². The summed E-state index contributed by atoms with van der Waals surface area (Å²) < 4.78 is 12.8. The molecule has 1 N–H and O–H groups in total. The van der Waals surface area contributed by atoms with Gasteiger partial charge >= 0.3 is 0 Å². The maximum atomic E-state index is 12.8. The van der Waals surface area contributed by atoms with Gasteiger partial charge in [-0.3, -0.25) is 4.79 Å². The molecule has 0 saturated heterocycles. The first-order valence-corrected chi connectivity index (χ1v) is 6.58. The number of carbonyl (C=O) groups excluding carboxylic acids is 1. The van der Waals surface area contributed by atoms with Crippen LogP contribution < -0.4 is 5.32 Å². The van der Waals surface area contributed by atoms with Gasteiger partial charge in [-0.05, 0) is 36.2 Å². The van der Waals surface area contributed by atoms with Gasteiger partial charge < -0.3 is 5.32 Å². The molecule has 2 aromatic rings. The lowest BCUT2D eigenvalue weighted by atomic mass is 10.1. The van der Waals surface area contributed by atoms with Crippen molar-refractivity contribution in [3.8, 4) is 0 Å². The highest BCUT2D eigenvalue weighted by atomic mass is 35.5. The molecule has 0 unspecified atom stereocenters. The first-order chi connectivity index (χ1) is 9.45. The lowest BCUT2D eigenvalue weighted by molar-refractivity contribution is -0.115. The molecule has 0 saturated carbocycles. The number of hydrogen-bond donors (Lipinski definition) is 1. The number of carbonyl (C=O) groups is 1. The van der Waals surface area contributed by atoms with E-state index < -0.39 is 0 Å². The fourth-order valence-electron chi connectivity index (χ4n) is 1.72. The predicted octanol–water partition coefficient (Wildman–Crippen LogP) is 4.02. The number of aryl methyl sites for hydroxylation is 1. The summed E-state index contributed by atoms with van der Waals surface area (Å²) in [5.74, 6) is -0.597. The Balaban J connectivity index is 2.10. The Bertz CT molecular complexity index is 621. The van der Waals surface area contributed by atoms with Crippen LogP contribution >= 0.6 is 23.2 Å². The minimum Gasteiger partial charge on any atom is -0.323 e. The molecule has 3 nitrogen and oxygen atoms in total. The zero-order valence-electron chi connectivity index (χ0n) is 10.6. The van der Waals surface area contributed by atoms with Crippen LogP contribution in [0.4, 0.5) is 10.1 Å². The number of anilines is 1. The summed E-state index contributed by atoms with van der Waals surface area (Å²) in [6.07, 6.45) is 0.124. The van der Waals surface area contributed by atoms with Crippen molar-refractivity contribution in [1.82, 2.24) is 4.98 Å². The minimum absolute atomic E-state index is 0.124. The summed E-state index contributed by atoms with van der Waals surface area (Å²) in [4.78, 5) is 15.8. The van der Waals surface area contributed by atoms with Crippen LogP contribution in [0.2, 0.25) is 10.3 Å². The standard InChI is InChI=1S/C14H11Cl2FN2O/c1-8-6-11(15)18-14(16)13(8)19-12(20)7-9-2-4-10(17)5-3-9/h2-6H,7H2,1H3,(H,19,20). The zero-order valence-corrected chi connectivity index (χ0v) is 12.1. The molecule has 2 rings (SSSR count). The van der Waals surface area contributed by atoms with Crippen LogP contribution in [0.1, 0.15) is 11.1 Å². The van der Waals surface area contributed by atoms with Crippen molar-refractivity contribution in [2.24, 2.45) is 0 Å². The lowest BCUT2D eigenvalue weighted by Gasteiger charge is -2.10. The van der Waals surface area contributed by atoms with Crippen molar-refractivity contribution in [1.29, 1.82) is 0 Å². The molecule has 20 heavy (non-hydrogen) atoms. The third-order valence-corrected chi connectivity index (χ3v) is 3.15. The van der Waals surface area contributed by atoms with Crippen LogP contribution in [0.5, 0.6) is 0 Å². The SMILES string of the molecule is Cc1cc(Cl)nc(Cl)c1NC(=O)Cc1ccc(F)cc1. The Morgan fingerprint density at radius 1 is 1.30 bits per heavy atom. The molecule has 0 aliphatic carbocycles. The van der Waals surface area contributed by atoms with E-state index in [0.29, 0.717) is 11.3 Å². The molecule has 0 bridgehead atoms. The Kier molecular flexibility index (Phi) is 4.57. The average molecular weight is 313 g/mol. The second-order valence-electron chi connectivity index (χ2n) is 4.28. The Morgan fingerprint density at radius 3 is 2.55 bits per heavy atom. The van der Waals surface area contributed by atoms with Gasteiger partial charge in [0.25, 0.3) is 0 Å². The van der Waals surface area contributed by atoms with Gasteiger partial charge in [-0.1, -0.05) is 35.3 Å². The van der Waals surface area contributed by atoms with Crippen molar-refractivity contribution in [2.75, 3.05) is 5.32 Å². The molecule has 0 radical (unpaired) electrons. The summed E-state index contributed by atoms with van der Waals surface area (Å²) in [7, 11) is 0. The maximum Gasteiger partial charge on any atom is 0.228 e. The molecular weight excluding hydrogens is 302 g/mol. The highest BCUT2D eigenvalue weighted by Crippen LogP contribution is 2.26. The molecular formula is C14H11Cl2FN2O.